The van der Waals surface area contributed by atoms with Crippen molar-refractivity contribution in [1.82, 2.24) is 0 Å². The van der Waals surface area contributed by atoms with Gasteiger partial charge in [-0.2, -0.15) is 0 Å². The van der Waals surface area contributed by atoms with Gasteiger partial charge in [0.1, 0.15) is 10.3 Å². The van der Waals surface area contributed by atoms with Crippen molar-refractivity contribution in [2.24, 2.45) is 0 Å². The van der Waals surface area contributed by atoms with E-state index >= 15 is 0 Å². The van der Waals surface area contributed by atoms with Crippen LogP contribution in [0.15, 0.2) is 17.5 Å². The molecule has 2 rings (SSSR count). The maximum Gasteiger partial charge on any atom is 0.325 e. The predicted octanol–water partition coefficient (Wildman–Crippen LogP) is -1.70. The average molecular weight is 326 g/mol. The van der Waals surface area contributed by atoms with Gasteiger partial charge in [-0.3, -0.25) is 4.79 Å². The fourth-order valence-electron chi connectivity index (χ4n) is 1.54. The Morgan fingerprint density at radius 3 is 2.78 bits per heavy atom. The van der Waals surface area contributed by atoms with Crippen molar-refractivity contribution < 1.29 is 27.3 Å². The number of esters is 1. The zero-order valence-electron chi connectivity index (χ0n) is 9.69. The normalized spacial score (nSPS) is 17.4. The molecule has 0 saturated heterocycles. The van der Waals surface area contributed by atoms with E-state index in [0.717, 1.165) is 22.8 Å². The maximum absolute atomic E-state index is 11.5. The summed E-state index contributed by atoms with van der Waals surface area (Å²) < 4.78 is 4.40. The zero-order valence-corrected chi connectivity index (χ0v) is 12.8. The van der Waals surface area contributed by atoms with Crippen molar-refractivity contribution in [3.05, 3.63) is 22.4 Å². The number of thioether (sulfide) groups is 1. The predicted molar refractivity (Wildman–Crippen MR) is 71.6 cm³/mol. The van der Waals surface area contributed by atoms with Gasteiger partial charge in [0.05, 0.1) is 11.9 Å². The lowest BCUT2D eigenvalue weighted by molar-refractivity contribution is -0.140. The van der Waals surface area contributed by atoms with Crippen LogP contribution >= 0.6 is 34.7 Å². The minimum atomic E-state index is -0.629. The van der Waals surface area contributed by atoms with Crippen molar-refractivity contribution in [1.29, 1.82) is 0 Å². The molecule has 0 spiro atoms. The molecule has 7 heteroatoms. The van der Waals surface area contributed by atoms with E-state index < -0.39 is 5.38 Å². The van der Waals surface area contributed by atoms with Gasteiger partial charge in [-0.05, 0) is 36.0 Å². The van der Waals surface area contributed by atoms with Gasteiger partial charge in [0.25, 0.3) is 0 Å². The lowest BCUT2D eigenvalue weighted by atomic mass is 10.3. The molecule has 1 aliphatic rings. The van der Waals surface area contributed by atoms with Crippen molar-refractivity contribution in [2.45, 2.75) is 23.0 Å². The van der Waals surface area contributed by atoms with Crippen LogP contribution in [0.2, 0.25) is 0 Å². The van der Waals surface area contributed by atoms with E-state index in [9.17, 15) is 4.79 Å². The molecule has 1 saturated carbocycles. The van der Waals surface area contributed by atoms with Crippen molar-refractivity contribution in [3.8, 4) is 0 Å². The van der Waals surface area contributed by atoms with Crippen LogP contribution < -0.4 is 17.8 Å². The number of hydrogen-bond donors (Lipinski definition) is 1. The fourth-order valence-corrected chi connectivity index (χ4v) is 3.94. The molecule has 0 aliphatic heterocycles. The Morgan fingerprint density at radius 2 is 2.33 bits per heavy atom. The third-order valence-corrected chi connectivity index (χ3v) is 5.94. The average Bonchev–Trinajstić information content (AvgIpc) is 2.91. The first-order chi connectivity index (χ1) is 8.09. The summed E-state index contributed by atoms with van der Waals surface area (Å²) in [6.45, 7) is 0. The van der Waals surface area contributed by atoms with Gasteiger partial charge >= 0.3 is 5.97 Å². The van der Waals surface area contributed by atoms with Crippen molar-refractivity contribution >= 4 is 45.7 Å². The molecule has 2 N–H and O–H groups in total. The molecular formula is C11H13Cl2NO2S2. The summed E-state index contributed by atoms with van der Waals surface area (Å²) in [4.78, 5) is 12.5. The quantitative estimate of drug-likeness (QED) is 0.311. The van der Waals surface area contributed by atoms with E-state index in [1.54, 1.807) is 11.3 Å². The first-order valence-electron chi connectivity index (χ1n) is 5.16. The lowest BCUT2D eigenvalue weighted by Gasteiger charge is -2.16. The topological polar surface area (TPSA) is 51.9 Å². The molecule has 1 atom stereocenters. The smallest absolute Gasteiger partial charge is 0.325 e. The number of carbonyl (C=O) groups excluding carboxylic acids is 1. The van der Waals surface area contributed by atoms with Crippen LogP contribution in [-0.2, 0) is 9.53 Å². The number of ether oxygens (including phenoxy) is 1. The Labute approximate surface area is 125 Å². The monoisotopic (exact) mass is 325 g/mol. The number of halogens is 2. The highest BCUT2D eigenvalue weighted by atomic mass is 35.5. The molecule has 0 amide bonds. The molecule has 0 radical (unpaired) electrons. The van der Waals surface area contributed by atoms with Crippen LogP contribution in [0, 0.1) is 0 Å². The molecule has 1 aliphatic carbocycles. The first-order valence-corrected chi connectivity index (χ1v) is 7.29. The van der Waals surface area contributed by atoms with Gasteiger partial charge in [0.2, 0.25) is 5.04 Å². The molecule has 1 heterocycles. The number of nitrogens with two attached hydrogens (primary N) is 1. The van der Waals surface area contributed by atoms with E-state index in [0.29, 0.717) is 0 Å². The van der Waals surface area contributed by atoms with Crippen LogP contribution in [-0.4, -0.2) is 28.2 Å². The van der Waals surface area contributed by atoms with Crippen LogP contribution in [0.4, 0.5) is 0 Å². The Hall–Kier alpha value is -0.230. The highest BCUT2D eigenvalue weighted by Crippen LogP contribution is 2.54. The van der Waals surface area contributed by atoms with E-state index in [1.165, 1.54) is 18.9 Å². The number of thiophene rings is 1. The minimum absolute atomic E-state index is 0. The Balaban J connectivity index is 0.00000162. The third-order valence-electron chi connectivity index (χ3n) is 2.69. The second-order valence-corrected chi connectivity index (χ2v) is 6.74. The number of methoxy groups -OCH3 is 1. The van der Waals surface area contributed by atoms with Gasteiger partial charge < -0.3 is 17.1 Å². The summed E-state index contributed by atoms with van der Waals surface area (Å²) in [5, 5.41) is 8.10. The van der Waals surface area contributed by atoms with Gasteiger partial charge in [-0.1, -0.05) is 6.07 Å². The standard InChI is InChI=1S/C11H12ClNO2S2.ClH/c1-15-10(14)8(12)11(4-5-11)17-9(13)7-3-2-6-16-7;/h2-3,6,8,13H,4-5H2,1H3;1H. The molecule has 100 valence electrons. The number of carbonyl (C=O) groups is 1. The van der Waals surface area contributed by atoms with Crippen LogP contribution in [0.25, 0.3) is 0 Å². The Kier molecular flexibility index (Phi) is 5.52. The van der Waals surface area contributed by atoms with E-state index in [2.05, 4.69) is 4.74 Å². The van der Waals surface area contributed by atoms with Gasteiger partial charge in [-0.15, -0.1) is 22.9 Å². The van der Waals surface area contributed by atoms with E-state index in [4.69, 9.17) is 17.0 Å². The van der Waals surface area contributed by atoms with Crippen molar-refractivity contribution in [2.75, 3.05) is 7.11 Å². The van der Waals surface area contributed by atoms with Gasteiger partial charge in [0, 0.05) is 0 Å². The molecule has 0 bridgehead atoms. The first kappa shape index (κ1) is 15.8. The molecule has 3 nitrogen and oxygen atoms in total. The summed E-state index contributed by atoms with van der Waals surface area (Å²) in [7, 11) is 1.35. The second-order valence-electron chi connectivity index (χ2n) is 3.89. The summed E-state index contributed by atoms with van der Waals surface area (Å²) in [6.07, 6.45) is 1.79. The second kappa shape index (κ2) is 6.28. The highest BCUT2D eigenvalue weighted by molar-refractivity contribution is 8.15. The number of rotatable bonds is 4. The van der Waals surface area contributed by atoms with Gasteiger partial charge in [-0.25, -0.2) is 5.41 Å². The summed E-state index contributed by atoms with van der Waals surface area (Å²) >= 11 is 9.21. The summed E-state index contributed by atoms with van der Waals surface area (Å²) in [6, 6.07) is 3.91. The number of alkyl halides is 1. The maximum atomic E-state index is 11.5. The van der Waals surface area contributed by atoms with Gasteiger partial charge in [0.15, 0.2) is 0 Å². The van der Waals surface area contributed by atoms with Crippen molar-refractivity contribution in [3.63, 3.8) is 0 Å². The number of hydrogen-bond acceptors (Lipinski definition) is 4. The molecule has 0 aromatic carbocycles. The summed E-state index contributed by atoms with van der Waals surface area (Å²) in [5.74, 6) is -0.379. The van der Waals surface area contributed by atoms with Crippen LogP contribution in [0.5, 0.6) is 0 Å². The molecule has 18 heavy (non-hydrogen) atoms. The third kappa shape index (κ3) is 3.20. The molecule has 1 unspecified atom stereocenters. The minimum Gasteiger partial charge on any atom is -1.00 e. The highest BCUT2D eigenvalue weighted by Gasteiger charge is 2.55. The molecule has 1 fully saturated rings. The molecule has 1 aromatic heterocycles. The van der Waals surface area contributed by atoms with E-state index in [-0.39, 0.29) is 23.1 Å². The lowest BCUT2D eigenvalue weighted by Crippen LogP contribution is -3.00. The summed E-state index contributed by atoms with van der Waals surface area (Å²) in [5.41, 5.74) is 0. The molecular weight excluding hydrogens is 313 g/mol. The van der Waals surface area contributed by atoms with Crippen LogP contribution in [0.3, 0.4) is 0 Å². The zero-order chi connectivity index (χ0) is 12.5. The molecule has 1 aromatic rings. The Bertz CT molecular complexity index is 432. The van der Waals surface area contributed by atoms with E-state index in [1.807, 2.05) is 17.5 Å². The van der Waals surface area contributed by atoms with Crippen LogP contribution in [0.1, 0.15) is 17.7 Å². The fraction of sp³-hybridized carbons (Fsp3) is 0.455. The SMILES string of the molecule is COC(=O)C(Cl)C1(SC(=[NH2+])c2cccs2)CC1.[Cl-]. The largest absolute Gasteiger partial charge is 1.00 e. The Morgan fingerprint density at radius 1 is 1.67 bits per heavy atom.